The van der Waals surface area contributed by atoms with Crippen LogP contribution in [0.4, 0.5) is 0 Å². The SMILES string of the molecule is O=c1[nH]ncc2c1[nH]c1nc(Cc3cscn3)sc12. The normalized spacial score (nSPS) is 11.6. The van der Waals surface area contributed by atoms with Crippen molar-refractivity contribution in [3.05, 3.63) is 38.1 Å². The average molecular weight is 289 g/mol. The number of rotatable bonds is 2. The molecule has 0 saturated carbocycles. The van der Waals surface area contributed by atoms with Crippen molar-refractivity contribution in [2.45, 2.75) is 6.42 Å². The maximum Gasteiger partial charge on any atom is 0.288 e. The van der Waals surface area contributed by atoms with Gasteiger partial charge in [0.2, 0.25) is 0 Å². The average Bonchev–Trinajstić information content (AvgIpc) is 3.07. The van der Waals surface area contributed by atoms with Gasteiger partial charge >= 0.3 is 0 Å². The largest absolute Gasteiger partial charge is 0.334 e. The van der Waals surface area contributed by atoms with Gasteiger partial charge in [0.15, 0.2) is 0 Å². The summed E-state index contributed by atoms with van der Waals surface area (Å²) in [7, 11) is 0. The first kappa shape index (κ1) is 10.8. The van der Waals surface area contributed by atoms with E-state index in [1.165, 1.54) is 0 Å². The molecule has 19 heavy (non-hydrogen) atoms. The van der Waals surface area contributed by atoms with Gasteiger partial charge in [-0.15, -0.1) is 22.7 Å². The summed E-state index contributed by atoms with van der Waals surface area (Å²) in [4.78, 5) is 23.4. The lowest BCUT2D eigenvalue weighted by Gasteiger charge is -1.90. The first-order chi connectivity index (χ1) is 9.31. The monoisotopic (exact) mass is 289 g/mol. The Balaban J connectivity index is 1.88. The fourth-order valence-corrected chi connectivity index (χ4v) is 3.61. The summed E-state index contributed by atoms with van der Waals surface area (Å²) in [6.45, 7) is 0. The maximum atomic E-state index is 11.6. The Hall–Kier alpha value is -2.06. The maximum absolute atomic E-state index is 11.6. The van der Waals surface area contributed by atoms with Gasteiger partial charge < -0.3 is 4.98 Å². The molecule has 4 aromatic heterocycles. The summed E-state index contributed by atoms with van der Waals surface area (Å²) >= 11 is 3.14. The fourth-order valence-electron chi connectivity index (χ4n) is 2.00. The van der Waals surface area contributed by atoms with E-state index < -0.39 is 0 Å². The molecule has 0 bridgehead atoms. The zero-order valence-corrected chi connectivity index (χ0v) is 11.1. The highest BCUT2D eigenvalue weighted by atomic mass is 32.1. The Bertz CT molecular complexity index is 918. The van der Waals surface area contributed by atoms with E-state index in [9.17, 15) is 4.79 Å². The molecule has 4 heterocycles. The lowest BCUT2D eigenvalue weighted by molar-refractivity contribution is 1.01. The summed E-state index contributed by atoms with van der Waals surface area (Å²) in [5.74, 6) is 0. The molecule has 0 saturated heterocycles. The molecule has 94 valence electrons. The second-order valence-corrected chi connectivity index (χ2v) is 5.86. The van der Waals surface area contributed by atoms with E-state index in [2.05, 4.69) is 25.1 Å². The van der Waals surface area contributed by atoms with Crippen LogP contribution in [-0.2, 0) is 6.42 Å². The molecule has 0 amide bonds. The summed E-state index contributed by atoms with van der Waals surface area (Å²) in [6, 6.07) is 0. The zero-order chi connectivity index (χ0) is 12.8. The lowest BCUT2D eigenvalue weighted by atomic mass is 10.3. The Morgan fingerprint density at radius 1 is 1.37 bits per heavy atom. The molecule has 0 aliphatic heterocycles. The molecule has 0 aliphatic carbocycles. The van der Waals surface area contributed by atoms with Crippen LogP contribution in [0, 0.1) is 0 Å². The topological polar surface area (TPSA) is 87.3 Å². The number of fused-ring (bicyclic) bond motifs is 3. The number of nitrogens with one attached hydrogen (secondary N) is 2. The van der Waals surface area contributed by atoms with Gasteiger partial charge in [-0.2, -0.15) is 5.10 Å². The van der Waals surface area contributed by atoms with E-state index in [1.807, 2.05) is 10.9 Å². The van der Waals surface area contributed by atoms with Crippen LogP contribution >= 0.6 is 22.7 Å². The molecule has 0 unspecified atom stereocenters. The Morgan fingerprint density at radius 3 is 3.16 bits per heavy atom. The van der Waals surface area contributed by atoms with Gasteiger partial charge in [0, 0.05) is 17.2 Å². The van der Waals surface area contributed by atoms with Crippen molar-refractivity contribution in [3.8, 4) is 0 Å². The fraction of sp³-hybridized carbons (Fsp3) is 0.0909. The molecule has 0 atom stereocenters. The van der Waals surface area contributed by atoms with Gasteiger partial charge in [-0.3, -0.25) is 4.79 Å². The lowest BCUT2D eigenvalue weighted by Crippen LogP contribution is -2.06. The van der Waals surface area contributed by atoms with Crippen molar-refractivity contribution in [3.63, 3.8) is 0 Å². The van der Waals surface area contributed by atoms with E-state index in [-0.39, 0.29) is 5.56 Å². The van der Waals surface area contributed by atoms with Gasteiger partial charge in [-0.1, -0.05) is 0 Å². The molecule has 0 spiro atoms. The molecule has 8 heteroatoms. The first-order valence-electron chi connectivity index (χ1n) is 5.53. The zero-order valence-electron chi connectivity index (χ0n) is 9.51. The molecule has 6 nitrogen and oxygen atoms in total. The van der Waals surface area contributed by atoms with Crippen molar-refractivity contribution in [1.82, 2.24) is 25.1 Å². The molecule has 0 fully saturated rings. The third kappa shape index (κ3) is 1.68. The predicted molar refractivity (Wildman–Crippen MR) is 74.8 cm³/mol. The third-order valence-electron chi connectivity index (χ3n) is 2.83. The number of hydrogen-bond acceptors (Lipinski definition) is 6. The van der Waals surface area contributed by atoms with Crippen molar-refractivity contribution in [2.75, 3.05) is 0 Å². The molecule has 0 radical (unpaired) electrons. The van der Waals surface area contributed by atoms with Crippen LogP contribution in [0.2, 0.25) is 0 Å². The smallest absolute Gasteiger partial charge is 0.288 e. The summed E-state index contributed by atoms with van der Waals surface area (Å²) in [5, 5.41) is 10.1. The third-order valence-corrected chi connectivity index (χ3v) is 4.56. The van der Waals surface area contributed by atoms with Crippen LogP contribution in [-0.4, -0.2) is 25.1 Å². The number of H-pyrrole nitrogens is 2. The van der Waals surface area contributed by atoms with Crippen LogP contribution in [0.15, 0.2) is 21.9 Å². The number of aromatic nitrogens is 5. The predicted octanol–water partition coefficient (Wildman–Crippen LogP) is 1.91. The van der Waals surface area contributed by atoms with Gasteiger partial charge in [0.1, 0.15) is 16.2 Å². The number of thiazole rings is 2. The van der Waals surface area contributed by atoms with Crippen LogP contribution in [0.1, 0.15) is 10.7 Å². The van der Waals surface area contributed by atoms with Crippen LogP contribution in [0.25, 0.3) is 21.3 Å². The van der Waals surface area contributed by atoms with Gasteiger partial charge in [0.25, 0.3) is 5.56 Å². The highest BCUT2D eigenvalue weighted by Crippen LogP contribution is 2.29. The Labute approximate surface area is 114 Å². The van der Waals surface area contributed by atoms with E-state index in [0.717, 1.165) is 32.9 Å². The number of nitrogens with zero attached hydrogens (tertiary/aromatic N) is 3. The summed E-state index contributed by atoms with van der Waals surface area (Å²) in [6.07, 6.45) is 2.37. The standard InChI is InChI=1S/C11H7N5OS2/c17-11-8-6(2-13-16-11)9-10(15-8)14-7(19-9)1-5-3-18-4-12-5/h2-4,15H,1H2,(H,16,17). The minimum atomic E-state index is -0.219. The van der Waals surface area contributed by atoms with Gasteiger partial charge in [0.05, 0.1) is 22.1 Å². The first-order valence-corrected chi connectivity index (χ1v) is 7.29. The van der Waals surface area contributed by atoms with Crippen LogP contribution in [0.5, 0.6) is 0 Å². The second kappa shape index (κ2) is 3.97. The molecule has 0 aromatic carbocycles. The highest BCUT2D eigenvalue weighted by Gasteiger charge is 2.13. The van der Waals surface area contributed by atoms with E-state index >= 15 is 0 Å². The molecule has 2 N–H and O–H groups in total. The van der Waals surface area contributed by atoms with Crippen molar-refractivity contribution < 1.29 is 0 Å². The van der Waals surface area contributed by atoms with Crippen molar-refractivity contribution >= 4 is 43.9 Å². The number of aromatic amines is 2. The molecule has 4 rings (SSSR count). The van der Waals surface area contributed by atoms with Crippen LogP contribution < -0.4 is 5.56 Å². The quantitative estimate of drug-likeness (QED) is 0.590. The van der Waals surface area contributed by atoms with Gasteiger partial charge in [-0.05, 0) is 0 Å². The Morgan fingerprint density at radius 2 is 2.32 bits per heavy atom. The molecular formula is C11H7N5OS2. The molecule has 4 aromatic rings. The summed E-state index contributed by atoms with van der Waals surface area (Å²) in [5.41, 5.74) is 3.88. The van der Waals surface area contributed by atoms with Gasteiger partial charge in [-0.25, -0.2) is 15.1 Å². The van der Waals surface area contributed by atoms with Crippen molar-refractivity contribution in [1.29, 1.82) is 0 Å². The highest BCUT2D eigenvalue weighted by molar-refractivity contribution is 7.19. The van der Waals surface area contributed by atoms with E-state index in [0.29, 0.717) is 5.52 Å². The van der Waals surface area contributed by atoms with Crippen molar-refractivity contribution in [2.24, 2.45) is 0 Å². The molecule has 0 aliphatic rings. The van der Waals surface area contributed by atoms with E-state index in [4.69, 9.17) is 0 Å². The minimum Gasteiger partial charge on any atom is -0.334 e. The summed E-state index contributed by atoms with van der Waals surface area (Å²) < 4.78 is 0.971. The Kier molecular flexibility index (Phi) is 2.26. The van der Waals surface area contributed by atoms with Crippen LogP contribution in [0.3, 0.4) is 0 Å². The minimum absolute atomic E-state index is 0.219. The number of hydrogen-bond donors (Lipinski definition) is 2. The molecular weight excluding hydrogens is 282 g/mol. The van der Waals surface area contributed by atoms with E-state index in [1.54, 1.807) is 28.9 Å². The second-order valence-electron chi connectivity index (χ2n) is 4.05.